The largest absolute Gasteiger partial charge is 0.508 e. The Kier molecular flexibility index (Phi) is 3.35. The number of amides is 1. The second-order valence-corrected chi connectivity index (χ2v) is 4.67. The van der Waals surface area contributed by atoms with Gasteiger partial charge in [-0.1, -0.05) is 0 Å². The first-order valence-corrected chi connectivity index (χ1v) is 6.40. The number of ether oxygens (including phenoxy) is 1. The Labute approximate surface area is 120 Å². The third-order valence-electron chi connectivity index (χ3n) is 3.14. The monoisotopic (exact) mass is 288 g/mol. The van der Waals surface area contributed by atoms with Crippen molar-refractivity contribution in [3.05, 3.63) is 47.8 Å². The van der Waals surface area contributed by atoms with Crippen molar-refractivity contribution in [1.29, 1.82) is 0 Å². The number of aromatic hydroxyl groups is 1. The van der Waals surface area contributed by atoms with Gasteiger partial charge in [-0.25, -0.2) is 4.39 Å². The predicted octanol–water partition coefficient (Wildman–Crippen LogP) is 2.47. The lowest BCUT2D eigenvalue weighted by molar-refractivity contribution is -0.118. The molecule has 2 aromatic carbocycles. The van der Waals surface area contributed by atoms with E-state index < -0.39 is 5.82 Å². The lowest BCUT2D eigenvalue weighted by Crippen LogP contribution is -2.25. The van der Waals surface area contributed by atoms with Crippen LogP contribution in [-0.4, -0.2) is 17.6 Å². The smallest absolute Gasteiger partial charge is 0.262 e. The van der Waals surface area contributed by atoms with Crippen molar-refractivity contribution in [1.82, 2.24) is 0 Å². The molecule has 1 aliphatic heterocycles. The van der Waals surface area contributed by atoms with E-state index in [9.17, 15) is 14.3 Å². The molecule has 0 radical (unpaired) electrons. The summed E-state index contributed by atoms with van der Waals surface area (Å²) >= 11 is 0. The molecule has 3 N–H and O–H groups in total. The van der Waals surface area contributed by atoms with Crippen LogP contribution in [0.1, 0.15) is 5.56 Å². The Hall–Kier alpha value is -2.76. The summed E-state index contributed by atoms with van der Waals surface area (Å²) in [6.45, 7) is 0.272. The molecule has 0 aromatic heterocycles. The quantitative estimate of drug-likeness (QED) is 0.811. The molecular weight excluding hydrogens is 275 g/mol. The highest BCUT2D eigenvalue weighted by atomic mass is 19.1. The van der Waals surface area contributed by atoms with Crippen LogP contribution < -0.4 is 15.4 Å². The molecule has 2 aromatic rings. The molecule has 0 unspecified atom stereocenters. The van der Waals surface area contributed by atoms with Gasteiger partial charge in [-0.2, -0.15) is 0 Å². The Morgan fingerprint density at radius 3 is 3.00 bits per heavy atom. The zero-order chi connectivity index (χ0) is 14.8. The van der Waals surface area contributed by atoms with Gasteiger partial charge in [0.1, 0.15) is 17.3 Å². The number of fused-ring (bicyclic) bond motifs is 1. The molecule has 0 bridgehead atoms. The molecule has 1 aliphatic rings. The predicted molar refractivity (Wildman–Crippen MR) is 76.0 cm³/mol. The molecule has 0 aliphatic carbocycles. The van der Waals surface area contributed by atoms with Gasteiger partial charge >= 0.3 is 0 Å². The molecule has 5 nitrogen and oxygen atoms in total. The summed E-state index contributed by atoms with van der Waals surface area (Å²) in [7, 11) is 0. The first-order valence-electron chi connectivity index (χ1n) is 6.40. The van der Waals surface area contributed by atoms with E-state index >= 15 is 0 Å². The van der Waals surface area contributed by atoms with Crippen molar-refractivity contribution in [3.63, 3.8) is 0 Å². The number of phenols is 1. The third-order valence-corrected chi connectivity index (χ3v) is 3.14. The molecule has 108 valence electrons. The summed E-state index contributed by atoms with van der Waals surface area (Å²) in [5.41, 5.74) is 1.76. The highest BCUT2D eigenvalue weighted by Crippen LogP contribution is 2.30. The van der Waals surface area contributed by atoms with Gasteiger partial charge in [0, 0.05) is 17.8 Å². The molecule has 1 heterocycles. The van der Waals surface area contributed by atoms with Crippen molar-refractivity contribution < 1.29 is 19.0 Å². The zero-order valence-electron chi connectivity index (χ0n) is 11.0. The lowest BCUT2D eigenvalue weighted by atomic mass is 10.2. The van der Waals surface area contributed by atoms with Crippen LogP contribution in [0, 0.1) is 5.82 Å². The number of halogens is 1. The van der Waals surface area contributed by atoms with E-state index in [4.69, 9.17) is 4.74 Å². The highest BCUT2D eigenvalue weighted by molar-refractivity contribution is 5.96. The maximum absolute atomic E-state index is 13.1. The number of phenolic OH excluding ortho intramolecular Hbond substituents is 1. The summed E-state index contributed by atoms with van der Waals surface area (Å²) in [5.74, 6) is 0.0189. The molecule has 3 rings (SSSR count). The van der Waals surface area contributed by atoms with E-state index in [1.807, 2.05) is 0 Å². The molecule has 0 fully saturated rings. The van der Waals surface area contributed by atoms with Crippen LogP contribution in [0.25, 0.3) is 0 Å². The van der Waals surface area contributed by atoms with Gasteiger partial charge in [-0.15, -0.1) is 0 Å². The minimum absolute atomic E-state index is 0.0109. The van der Waals surface area contributed by atoms with Crippen molar-refractivity contribution in [2.24, 2.45) is 0 Å². The van der Waals surface area contributed by atoms with Gasteiger partial charge in [-0.3, -0.25) is 4.79 Å². The number of carbonyl (C=O) groups excluding carboxylic acids is 1. The van der Waals surface area contributed by atoms with Crippen LogP contribution >= 0.6 is 0 Å². The van der Waals surface area contributed by atoms with Crippen LogP contribution in [0.2, 0.25) is 0 Å². The number of nitrogens with one attached hydrogen (secondary N) is 2. The number of anilines is 2. The molecule has 1 amide bonds. The van der Waals surface area contributed by atoms with E-state index in [0.29, 0.717) is 17.0 Å². The summed E-state index contributed by atoms with van der Waals surface area (Å²) < 4.78 is 18.4. The summed E-state index contributed by atoms with van der Waals surface area (Å²) in [5, 5.41) is 15.4. The third kappa shape index (κ3) is 2.89. The molecule has 0 saturated heterocycles. The van der Waals surface area contributed by atoms with Crippen LogP contribution in [-0.2, 0) is 11.3 Å². The average molecular weight is 288 g/mol. The van der Waals surface area contributed by atoms with Crippen molar-refractivity contribution in [2.45, 2.75) is 6.54 Å². The number of hydrogen-bond donors (Lipinski definition) is 3. The Bertz CT molecular complexity index is 703. The Morgan fingerprint density at radius 1 is 1.29 bits per heavy atom. The van der Waals surface area contributed by atoms with E-state index in [0.717, 1.165) is 5.69 Å². The van der Waals surface area contributed by atoms with E-state index in [2.05, 4.69) is 10.6 Å². The average Bonchev–Trinajstić information content (AvgIpc) is 2.47. The van der Waals surface area contributed by atoms with E-state index in [-0.39, 0.29) is 24.8 Å². The first kappa shape index (κ1) is 13.2. The molecule has 0 spiro atoms. The van der Waals surface area contributed by atoms with Gasteiger partial charge in [0.2, 0.25) is 0 Å². The maximum Gasteiger partial charge on any atom is 0.262 e. The number of benzene rings is 2. The second kappa shape index (κ2) is 5.32. The van der Waals surface area contributed by atoms with Gasteiger partial charge < -0.3 is 20.5 Å². The Morgan fingerprint density at radius 2 is 2.14 bits per heavy atom. The van der Waals surface area contributed by atoms with Gasteiger partial charge in [0.15, 0.2) is 6.61 Å². The fraction of sp³-hybridized carbons (Fsp3) is 0.133. The van der Waals surface area contributed by atoms with Crippen molar-refractivity contribution >= 4 is 17.3 Å². The molecular formula is C15H13FN2O3. The van der Waals surface area contributed by atoms with Crippen molar-refractivity contribution in [3.8, 4) is 11.5 Å². The van der Waals surface area contributed by atoms with E-state index in [1.54, 1.807) is 18.2 Å². The topological polar surface area (TPSA) is 70.6 Å². The summed E-state index contributed by atoms with van der Waals surface area (Å²) in [4.78, 5) is 11.3. The summed E-state index contributed by atoms with van der Waals surface area (Å²) in [6.07, 6.45) is 0. The molecule has 21 heavy (non-hydrogen) atoms. The summed E-state index contributed by atoms with van der Waals surface area (Å²) in [6, 6.07) is 9.03. The van der Waals surface area contributed by atoms with Gasteiger partial charge in [-0.05, 0) is 36.4 Å². The maximum atomic E-state index is 13.1. The highest BCUT2D eigenvalue weighted by Gasteiger charge is 2.15. The fourth-order valence-corrected chi connectivity index (χ4v) is 2.09. The van der Waals surface area contributed by atoms with Crippen molar-refractivity contribution in [2.75, 3.05) is 17.2 Å². The number of carbonyl (C=O) groups is 1. The second-order valence-electron chi connectivity index (χ2n) is 4.67. The van der Waals surface area contributed by atoms with Crippen LogP contribution in [0.3, 0.4) is 0 Å². The number of rotatable bonds is 3. The molecule has 6 heteroatoms. The fourth-order valence-electron chi connectivity index (χ4n) is 2.09. The molecule has 0 atom stereocenters. The Balaban J connectivity index is 1.75. The lowest BCUT2D eigenvalue weighted by Gasteiger charge is -2.19. The normalized spacial score (nSPS) is 13.1. The van der Waals surface area contributed by atoms with Gasteiger partial charge in [0.05, 0.1) is 5.69 Å². The standard InChI is InChI=1S/C15H13FN2O3/c16-10-1-3-13(19)9(5-10)7-17-11-2-4-14-12(6-11)18-15(20)8-21-14/h1-6,17,19H,7-8H2,(H,18,20). The van der Waals surface area contributed by atoms with E-state index in [1.165, 1.54) is 18.2 Å². The zero-order valence-corrected chi connectivity index (χ0v) is 11.0. The van der Waals surface area contributed by atoms with Crippen LogP contribution in [0.5, 0.6) is 11.5 Å². The van der Waals surface area contributed by atoms with Crippen LogP contribution in [0.15, 0.2) is 36.4 Å². The minimum Gasteiger partial charge on any atom is -0.508 e. The molecule has 0 saturated carbocycles. The minimum atomic E-state index is -0.407. The SMILES string of the molecule is O=C1COc2ccc(NCc3cc(F)ccc3O)cc2N1. The van der Waals surface area contributed by atoms with Gasteiger partial charge in [0.25, 0.3) is 5.91 Å². The first-order chi connectivity index (χ1) is 10.1. The number of hydrogen-bond acceptors (Lipinski definition) is 4. The van der Waals surface area contributed by atoms with Crippen LogP contribution in [0.4, 0.5) is 15.8 Å².